The minimum Gasteiger partial charge on any atom is -0.504 e. The van der Waals surface area contributed by atoms with Crippen molar-refractivity contribution in [1.29, 1.82) is 0 Å². The highest BCUT2D eigenvalue weighted by molar-refractivity contribution is 5.97. The summed E-state index contributed by atoms with van der Waals surface area (Å²) in [4.78, 5) is 14.0. The Morgan fingerprint density at radius 2 is 2.17 bits per heavy atom. The van der Waals surface area contributed by atoms with E-state index in [-0.39, 0.29) is 23.0 Å². The Kier molecular flexibility index (Phi) is 2.63. The van der Waals surface area contributed by atoms with Crippen LogP contribution < -0.4 is 5.32 Å². The third kappa shape index (κ3) is 1.71. The molecule has 0 aliphatic carbocycles. The summed E-state index contributed by atoms with van der Waals surface area (Å²) in [5.74, 6) is -0.265. The Bertz CT molecular complexity index is 477. The molecule has 5 heteroatoms. The lowest BCUT2D eigenvalue weighted by molar-refractivity contribution is 0.0779. The van der Waals surface area contributed by atoms with E-state index in [0.29, 0.717) is 18.5 Å². The Hall–Kier alpha value is -1.75. The summed E-state index contributed by atoms with van der Waals surface area (Å²) in [6, 6.07) is 4.86. The third-order valence-electron chi connectivity index (χ3n) is 3.90. The van der Waals surface area contributed by atoms with Crippen LogP contribution in [-0.2, 0) is 0 Å². The van der Waals surface area contributed by atoms with Crippen LogP contribution >= 0.6 is 0 Å². The molecule has 0 saturated carbocycles. The van der Waals surface area contributed by atoms with Crippen LogP contribution in [-0.4, -0.2) is 46.7 Å². The number of carbonyl (C=O) groups excluding carboxylic acids is 1. The number of nitrogens with one attached hydrogen (secondary N) is 1. The van der Waals surface area contributed by atoms with Crippen molar-refractivity contribution >= 4 is 5.91 Å². The minimum absolute atomic E-state index is 0.176. The van der Waals surface area contributed by atoms with Crippen molar-refractivity contribution in [2.24, 2.45) is 5.92 Å². The molecule has 3 N–H and O–H groups in total. The van der Waals surface area contributed by atoms with E-state index >= 15 is 0 Å². The number of hydrogen-bond donors (Lipinski definition) is 3. The lowest BCUT2D eigenvalue weighted by atomic mass is 10.1. The highest BCUT2D eigenvalue weighted by atomic mass is 16.3. The molecule has 1 aromatic carbocycles. The second-order valence-corrected chi connectivity index (χ2v) is 4.99. The van der Waals surface area contributed by atoms with Gasteiger partial charge >= 0.3 is 0 Å². The fourth-order valence-corrected chi connectivity index (χ4v) is 2.89. The quantitative estimate of drug-likeness (QED) is 0.634. The monoisotopic (exact) mass is 248 g/mol. The number of para-hydroxylation sites is 1. The third-order valence-corrected chi connectivity index (χ3v) is 3.90. The fourth-order valence-electron chi connectivity index (χ4n) is 2.89. The second-order valence-electron chi connectivity index (χ2n) is 4.99. The number of phenols is 2. The van der Waals surface area contributed by atoms with Crippen LogP contribution in [0.3, 0.4) is 0 Å². The maximum absolute atomic E-state index is 12.3. The van der Waals surface area contributed by atoms with Gasteiger partial charge in [0.25, 0.3) is 5.91 Å². The maximum Gasteiger partial charge on any atom is 0.257 e. The molecule has 1 amide bonds. The molecular formula is C13H16N2O3. The molecule has 0 radical (unpaired) electrons. The molecule has 2 heterocycles. The molecule has 0 unspecified atom stereocenters. The van der Waals surface area contributed by atoms with Crippen LogP contribution in [0.15, 0.2) is 18.2 Å². The predicted octanol–water partition coefficient (Wildman–Crippen LogP) is 0.532. The van der Waals surface area contributed by atoms with Crippen molar-refractivity contribution in [3.63, 3.8) is 0 Å². The number of amides is 1. The highest BCUT2D eigenvalue weighted by Gasteiger charge is 2.38. The zero-order chi connectivity index (χ0) is 12.7. The Morgan fingerprint density at radius 3 is 2.94 bits per heavy atom. The molecule has 2 fully saturated rings. The van der Waals surface area contributed by atoms with E-state index in [1.54, 1.807) is 17.0 Å². The van der Waals surface area contributed by atoms with Crippen LogP contribution in [0.2, 0.25) is 0 Å². The molecule has 96 valence electrons. The number of aromatic hydroxyl groups is 2. The van der Waals surface area contributed by atoms with Crippen molar-refractivity contribution in [1.82, 2.24) is 10.2 Å². The normalized spacial score (nSPS) is 26.3. The molecule has 0 spiro atoms. The molecule has 0 aromatic heterocycles. The molecule has 2 aliphatic heterocycles. The number of likely N-dealkylation sites (tertiary alicyclic amines) is 1. The number of nitrogens with zero attached hydrogens (tertiary/aromatic N) is 1. The summed E-state index contributed by atoms with van der Waals surface area (Å²) in [6.07, 6.45) is 1.10. The van der Waals surface area contributed by atoms with Crippen molar-refractivity contribution in [3.8, 4) is 11.5 Å². The predicted molar refractivity (Wildman–Crippen MR) is 65.6 cm³/mol. The van der Waals surface area contributed by atoms with Gasteiger partial charge in [-0.15, -0.1) is 0 Å². The minimum atomic E-state index is -0.326. The summed E-state index contributed by atoms with van der Waals surface area (Å²) in [5, 5.41) is 22.5. The van der Waals surface area contributed by atoms with Gasteiger partial charge < -0.3 is 20.4 Å². The summed E-state index contributed by atoms with van der Waals surface area (Å²) >= 11 is 0. The standard InChI is InChI=1S/C13H16N2O3/c16-11-3-1-2-9(12(11)17)13(18)15-6-8-4-5-14-10(8)7-15/h1-3,8,10,14,16-17H,4-7H2/t8-,10+/m0/s1. The average Bonchev–Trinajstić information content (AvgIpc) is 2.92. The van der Waals surface area contributed by atoms with Crippen molar-refractivity contribution in [2.45, 2.75) is 12.5 Å². The molecule has 18 heavy (non-hydrogen) atoms. The molecule has 0 bridgehead atoms. The Balaban J connectivity index is 1.81. The zero-order valence-electron chi connectivity index (χ0n) is 9.97. The summed E-state index contributed by atoms with van der Waals surface area (Å²) in [7, 11) is 0. The Morgan fingerprint density at radius 1 is 1.33 bits per heavy atom. The van der Waals surface area contributed by atoms with Gasteiger partial charge in [-0.1, -0.05) is 6.07 Å². The van der Waals surface area contributed by atoms with Gasteiger partial charge in [-0.05, 0) is 31.0 Å². The number of phenolic OH excluding ortho intramolecular Hbond substituents is 2. The Labute approximate surface area is 105 Å². The van der Waals surface area contributed by atoms with Crippen LogP contribution in [0.5, 0.6) is 11.5 Å². The van der Waals surface area contributed by atoms with E-state index < -0.39 is 0 Å². The van der Waals surface area contributed by atoms with Gasteiger partial charge in [-0.2, -0.15) is 0 Å². The van der Waals surface area contributed by atoms with Crippen LogP contribution in [0.4, 0.5) is 0 Å². The van der Waals surface area contributed by atoms with Gasteiger partial charge in [-0.3, -0.25) is 4.79 Å². The number of fused-ring (bicyclic) bond motifs is 1. The SMILES string of the molecule is O=C(c1cccc(O)c1O)N1C[C@@H]2CCN[C@@H]2C1. The van der Waals surface area contributed by atoms with Crippen molar-refractivity contribution in [3.05, 3.63) is 23.8 Å². The van der Waals surface area contributed by atoms with E-state index in [0.717, 1.165) is 19.5 Å². The summed E-state index contributed by atoms with van der Waals surface area (Å²) in [6.45, 7) is 2.43. The van der Waals surface area contributed by atoms with Gasteiger partial charge in [0.15, 0.2) is 11.5 Å². The molecule has 2 atom stereocenters. The average molecular weight is 248 g/mol. The van der Waals surface area contributed by atoms with E-state index in [2.05, 4.69) is 5.32 Å². The smallest absolute Gasteiger partial charge is 0.257 e. The van der Waals surface area contributed by atoms with Crippen LogP contribution in [0.1, 0.15) is 16.8 Å². The van der Waals surface area contributed by atoms with E-state index in [1.807, 2.05) is 0 Å². The van der Waals surface area contributed by atoms with Gasteiger partial charge in [-0.25, -0.2) is 0 Å². The first-order chi connectivity index (χ1) is 8.66. The largest absolute Gasteiger partial charge is 0.504 e. The van der Waals surface area contributed by atoms with E-state index in [4.69, 9.17) is 0 Å². The van der Waals surface area contributed by atoms with Gasteiger partial charge in [0.2, 0.25) is 0 Å². The van der Waals surface area contributed by atoms with Crippen LogP contribution in [0.25, 0.3) is 0 Å². The van der Waals surface area contributed by atoms with Crippen molar-refractivity contribution < 1.29 is 15.0 Å². The number of carbonyl (C=O) groups is 1. The highest BCUT2D eigenvalue weighted by Crippen LogP contribution is 2.31. The number of rotatable bonds is 1. The zero-order valence-corrected chi connectivity index (χ0v) is 9.97. The number of hydrogen-bond acceptors (Lipinski definition) is 4. The first kappa shape index (κ1) is 11.3. The van der Waals surface area contributed by atoms with Gasteiger partial charge in [0.1, 0.15) is 0 Å². The topological polar surface area (TPSA) is 72.8 Å². The maximum atomic E-state index is 12.3. The van der Waals surface area contributed by atoms with Gasteiger partial charge in [0.05, 0.1) is 5.56 Å². The first-order valence-electron chi connectivity index (χ1n) is 6.20. The second kappa shape index (κ2) is 4.17. The lowest BCUT2D eigenvalue weighted by Crippen LogP contribution is -2.33. The molecular weight excluding hydrogens is 232 g/mol. The van der Waals surface area contributed by atoms with E-state index in [1.165, 1.54) is 6.07 Å². The van der Waals surface area contributed by atoms with E-state index in [9.17, 15) is 15.0 Å². The molecule has 1 aromatic rings. The number of benzene rings is 1. The molecule has 2 aliphatic rings. The summed E-state index contributed by atoms with van der Waals surface area (Å²) in [5.41, 5.74) is 0.176. The molecule has 2 saturated heterocycles. The first-order valence-corrected chi connectivity index (χ1v) is 6.20. The summed E-state index contributed by atoms with van der Waals surface area (Å²) < 4.78 is 0. The molecule has 5 nitrogen and oxygen atoms in total. The fraction of sp³-hybridized carbons (Fsp3) is 0.462. The van der Waals surface area contributed by atoms with Gasteiger partial charge in [0, 0.05) is 19.1 Å². The van der Waals surface area contributed by atoms with Crippen molar-refractivity contribution in [2.75, 3.05) is 19.6 Å². The molecule has 3 rings (SSSR count). The van der Waals surface area contributed by atoms with Crippen LogP contribution in [0, 0.1) is 5.92 Å². The lowest BCUT2D eigenvalue weighted by Gasteiger charge is -2.18.